The van der Waals surface area contributed by atoms with Crippen LogP contribution in [0.3, 0.4) is 0 Å². The van der Waals surface area contributed by atoms with Gasteiger partial charge in [0.15, 0.2) is 0 Å². The Kier molecular flexibility index (Phi) is 4.11. The first-order valence-corrected chi connectivity index (χ1v) is 6.83. The van der Waals surface area contributed by atoms with E-state index in [-0.39, 0.29) is 12.1 Å². The first-order chi connectivity index (χ1) is 8.62. The smallest absolute Gasteiger partial charge is 0.112 e. The van der Waals surface area contributed by atoms with E-state index in [0.717, 1.165) is 17.1 Å². The van der Waals surface area contributed by atoms with Crippen molar-refractivity contribution in [3.05, 3.63) is 52.0 Å². The number of benzene rings is 1. The maximum atomic E-state index is 8.99. The van der Waals surface area contributed by atoms with Crippen molar-refractivity contribution >= 4 is 11.3 Å². The van der Waals surface area contributed by atoms with Crippen LogP contribution in [-0.2, 0) is 18.7 Å². The molecule has 18 heavy (non-hydrogen) atoms. The van der Waals surface area contributed by atoms with E-state index in [0.29, 0.717) is 0 Å². The Labute approximate surface area is 112 Å². The lowest BCUT2D eigenvalue weighted by Crippen LogP contribution is -2.35. The monoisotopic (exact) mass is 262 g/mol. The predicted octanol–water partition coefficient (Wildman–Crippen LogP) is 2.66. The van der Waals surface area contributed by atoms with Crippen molar-refractivity contribution in [2.75, 3.05) is 0 Å². The normalized spacial score (nSPS) is 11.7. The summed E-state index contributed by atoms with van der Waals surface area (Å²) < 4.78 is 0. The topological polar surface area (TPSA) is 45.1 Å². The molecule has 96 valence electrons. The molecule has 1 aromatic carbocycles. The van der Waals surface area contributed by atoms with Gasteiger partial charge in [0.25, 0.3) is 0 Å². The Morgan fingerprint density at radius 3 is 2.44 bits per heavy atom. The Hall–Kier alpha value is -1.23. The van der Waals surface area contributed by atoms with E-state index >= 15 is 0 Å². The molecular weight excluding hydrogens is 244 g/mol. The van der Waals surface area contributed by atoms with E-state index in [2.05, 4.69) is 24.1 Å². The lowest BCUT2D eigenvalue weighted by molar-refractivity contribution is 0.282. The fourth-order valence-corrected chi connectivity index (χ4v) is 2.43. The Balaban J connectivity index is 1.98. The molecule has 0 aliphatic heterocycles. The van der Waals surface area contributed by atoms with Crippen molar-refractivity contribution in [2.24, 2.45) is 0 Å². The highest BCUT2D eigenvalue weighted by Crippen LogP contribution is 2.22. The highest BCUT2D eigenvalue weighted by Gasteiger charge is 2.22. The summed E-state index contributed by atoms with van der Waals surface area (Å²) in [6, 6.07) is 7.98. The number of nitrogens with one attached hydrogen (secondary N) is 1. The minimum atomic E-state index is -0.121. The molecular formula is C14H18N2OS. The molecule has 1 aromatic heterocycles. The quantitative estimate of drug-likeness (QED) is 0.870. The van der Waals surface area contributed by atoms with Crippen LogP contribution < -0.4 is 5.32 Å². The van der Waals surface area contributed by atoms with Gasteiger partial charge < -0.3 is 10.4 Å². The second kappa shape index (κ2) is 5.61. The van der Waals surface area contributed by atoms with Crippen molar-refractivity contribution < 1.29 is 5.11 Å². The summed E-state index contributed by atoms with van der Waals surface area (Å²) in [6.45, 7) is 5.15. The first kappa shape index (κ1) is 13.2. The van der Waals surface area contributed by atoms with Gasteiger partial charge in [-0.1, -0.05) is 24.3 Å². The molecule has 3 nitrogen and oxygen atoms in total. The molecule has 0 amide bonds. The molecule has 0 aliphatic rings. The fraction of sp³-hybridized carbons (Fsp3) is 0.357. The fourth-order valence-electron chi connectivity index (χ4n) is 1.69. The minimum Gasteiger partial charge on any atom is -0.392 e. The maximum Gasteiger partial charge on any atom is 0.112 e. The Morgan fingerprint density at radius 1 is 1.22 bits per heavy atom. The Bertz CT molecular complexity index is 477. The van der Waals surface area contributed by atoms with E-state index in [1.54, 1.807) is 11.3 Å². The van der Waals surface area contributed by atoms with Gasteiger partial charge in [0.1, 0.15) is 5.01 Å². The number of nitrogens with zero attached hydrogens (tertiary/aromatic N) is 1. The van der Waals surface area contributed by atoms with Crippen LogP contribution >= 0.6 is 11.3 Å². The minimum absolute atomic E-state index is 0.0956. The Morgan fingerprint density at radius 2 is 1.89 bits per heavy atom. The first-order valence-electron chi connectivity index (χ1n) is 5.95. The molecule has 2 aromatic rings. The van der Waals surface area contributed by atoms with Crippen LogP contribution in [0.1, 0.15) is 30.0 Å². The molecule has 1 heterocycles. The summed E-state index contributed by atoms with van der Waals surface area (Å²) in [5.41, 5.74) is 2.03. The number of aliphatic hydroxyl groups is 1. The summed E-state index contributed by atoms with van der Waals surface area (Å²) >= 11 is 1.66. The van der Waals surface area contributed by atoms with Gasteiger partial charge in [0, 0.05) is 18.1 Å². The number of rotatable bonds is 5. The maximum absolute atomic E-state index is 8.99. The van der Waals surface area contributed by atoms with Crippen LogP contribution in [0.4, 0.5) is 0 Å². The van der Waals surface area contributed by atoms with Crippen LogP contribution in [-0.4, -0.2) is 10.1 Å². The summed E-state index contributed by atoms with van der Waals surface area (Å²) in [6.07, 6.45) is 1.83. The van der Waals surface area contributed by atoms with Crippen molar-refractivity contribution in [1.82, 2.24) is 10.3 Å². The summed E-state index contributed by atoms with van der Waals surface area (Å²) in [4.78, 5) is 4.35. The molecule has 0 aliphatic carbocycles. The standard InChI is InChI=1S/C14H18N2OS/c1-14(2,13-15-7-8-18-13)16-9-11-3-5-12(10-17)6-4-11/h3-8,16-17H,9-10H2,1-2H3. The van der Waals surface area contributed by atoms with Crippen molar-refractivity contribution in [2.45, 2.75) is 32.5 Å². The third kappa shape index (κ3) is 3.16. The van der Waals surface area contributed by atoms with Gasteiger partial charge in [-0.05, 0) is 25.0 Å². The third-order valence-electron chi connectivity index (χ3n) is 2.91. The van der Waals surface area contributed by atoms with Crippen molar-refractivity contribution in [3.8, 4) is 0 Å². The van der Waals surface area contributed by atoms with E-state index < -0.39 is 0 Å². The second-order valence-corrected chi connectivity index (χ2v) is 5.68. The number of hydrogen-bond donors (Lipinski definition) is 2. The molecule has 0 unspecified atom stereocenters. The molecule has 2 rings (SSSR count). The molecule has 0 radical (unpaired) electrons. The predicted molar refractivity (Wildman–Crippen MR) is 74.3 cm³/mol. The number of aromatic nitrogens is 1. The van der Waals surface area contributed by atoms with Gasteiger partial charge in [0.05, 0.1) is 12.1 Å². The molecule has 0 atom stereocenters. The molecule has 0 fully saturated rings. The van der Waals surface area contributed by atoms with Gasteiger partial charge in [-0.25, -0.2) is 4.98 Å². The zero-order valence-corrected chi connectivity index (χ0v) is 11.5. The summed E-state index contributed by atoms with van der Waals surface area (Å²) in [5, 5.41) is 15.6. The summed E-state index contributed by atoms with van der Waals surface area (Å²) in [5.74, 6) is 0. The van der Waals surface area contributed by atoms with Crippen LogP contribution in [0.5, 0.6) is 0 Å². The zero-order chi connectivity index (χ0) is 13.0. The SMILES string of the molecule is CC(C)(NCc1ccc(CO)cc1)c1nccs1. The third-order valence-corrected chi connectivity index (χ3v) is 4.00. The van der Waals surface area contributed by atoms with E-state index in [1.807, 2.05) is 35.8 Å². The van der Waals surface area contributed by atoms with Crippen LogP contribution in [0.2, 0.25) is 0 Å². The highest BCUT2D eigenvalue weighted by molar-refractivity contribution is 7.09. The lowest BCUT2D eigenvalue weighted by atomic mass is 10.1. The molecule has 0 spiro atoms. The van der Waals surface area contributed by atoms with Crippen molar-refractivity contribution in [3.63, 3.8) is 0 Å². The van der Waals surface area contributed by atoms with Crippen LogP contribution in [0.25, 0.3) is 0 Å². The van der Waals surface area contributed by atoms with Crippen LogP contribution in [0.15, 0.2) is 35.8 Å². The zero-order valence-electron chi connectivity index (χ0n) is 10.7. The average Bonchev–Trinajstić information content (AvgIpc) is 2.92. The molecule has 0 bridgehead atoms. The average molecular weight is 262 g/mol. The number of aliphatic hydroxyl groups excluding tert-OH is 1. The van der Waals surface area contributed by atoms with Crippen LogP contribution in [0, 0.1) is 0 Å². The van der Waals surface area contributed by atoms with Gasteiger partial charge in [-0.2, -0.15) is 0 Å². The lowest BCUT2D eigenvalue weighted by Gasteiger charge is -2.24. The van der Waals surface area contributed by atoms with E-state index in [9.17, 15) is 0 Å². The van der Waals surface area contributed by atoms with E-state index in [4.69, 9.17) is 5.11 Å². The molecule has 2 N–H and O–H groups in total. The molecule has 0 saturated carbocycles. The van der Waals surface area contributed by atoms with Gasteiger partial charge in [0.2, 0.25) is 0 Å². The summed E-state index contributed by atoms with van der Waals surface area (Å²) in [7, 11) is 0. The van der Waals surface area contributed by atoms with Crippen molar-refractivity contribution in [1.29, 1.82) is 0 Å². The molecule has 4 heteroatoms. The van der Waals surface area contributed by atoms with Gasteiger partial charge in [-0.3, -0.25) is 0 Å². The largest absolute Gasteiger partial charge is 0.392 e. The van der Waals surface area contributed by atoms with Gasteiger partial charge >= 0.3 is 0 Å². The number of hydrogen-bond acceptors (Lipinski definition) is 4. The molecule has 0 saturated heterocycles. The highest BCUT2D eigenvalue weighted by atomic mass is 32.1. The number of thiazole rings is 1. The van der Waals surface area contributed by atoms with Gasteiger partial charge in [-0.15, -0.1) is 11.3 Å². The van der Waals surface area contributed by atoms with E-state index in [1.165, 1.54) is 5.56 Å². The second-order valence-electron chi connectivity index (χ2n) is 4.79.